The van der Waals surface area contributed by atoms with E-state index < -0.39 is 0 Å². The van der Waals surface area contributed by atoms with Gasteiger partial charge >= 0.3 is 0 Å². The average Bonchev–Trinajstić information content (AvgIpc) is 2.38. The Morgan fingerprint density at radius 2 is 1.90 bits per heavy atom. The molecule has 0 aromatic carbocycles. The molecule has 1 rings (SSSR count). The van der Waals surface area contributed by atoms with Gasteiger partial charge in [0.25, 0.3) is 0 Å². The summed E-state index contributed by atoms with van der Waals surface area (Å²) in [5.41, 5.74) is 2.41. The fourth-order valence-electron chi connectivity index (χ4n) is 2.34. The lowest BCUT2D eigenvalue weighted by Gasteiger charge is -2.15. The number of aryl methyl sites for hydroxylation is 1. The molecule has 0 aliphatic carbocycles. The third kappa shape index (κ3) is 7.47. The van der Waals surface area contributed by atoms with Crippen molar-refractivity contribution in [3.8, 4) is 5.88 Å². The van der Waals surface area contributed by atoms with E-state index in [1.54, 1.807) is 0 Å². The van der Waals surface area contributed by atoms with Crippen LogP contribution in [0.5, 0.6) is 5.88 Å². The van der Waals surface area contributed by atoms with Crippen molar-refractivity contribution in [1.29, 1.82) is 0 Å². The molecule has 0 fully saturated rings. The van der Waals surface area contributed by atoms with E-state index in [0.29, 0.717) is 5.92 Å². The molecule has 0 amide bonds. The molecule has 120 valence electrons. The second kappa shape index (κ2) is 9.78. The Bertz CT molecular complexity index is 404. The summed E-state index contributed by atoms with van der Waals surface area (Å²) in [6, 6.07) is 4.28. The van der Waals surface area contributed by atoms with Gasteiger partial charge in [-0.25, -0.2) is 4.98 Å². The first kappa shape index (κ1) is 18.0. The lowest BCUT2D eigenvalue weighted by atomic mass is 10.1. The summed E-state index contributed by atoms with van der Waals surface area (Å²) < 4.78 is 5.97. The quantitative estimate of drug-likeness (QED) is 0.696. The molecule has 0 aliphatic rings. The van der Waals surface area contributed by atoms with Crippen molar-refractivity contribution in [2.24, 2.45) is 5.92 Å². The molecule has 0 bridgehead atoms. The van der Waals surface area contributed by atoms with E-state index in [1.165, 1.54) is 5.56 Å². The van der Waals surface area contributed by atoms with Crippen molar-refractivity contribution in [1.82, 2.24) is 10.3 Å². The summed E-state index contributed by atoms with van der Waals surface area (Å²) in [7, 11) is 0. The summed E-state index contributed by atoms with van der Waals surface area (Å²) in [6.45, 7) is 12.9. The summed E-state index contributed by atoms with van der Waals surface area (Å²) in [6.07, 6.45) is 4.56. The molecular weight excluding hydrogens is 260 g/mol. The Kier molecular flexibility index (Phi) is 8.36. The van der Waals surface area contributed by atoms with Crippen LogP contribution in [-0.2, 0) is 13.0 Å². The van der Waals surface area contributed by atoms with Crippen LogP contribution in [0.3, 0.4) is 0 Å². The van der Waals surface area contributed by atoms with Crippen LogP contribution in [0.4, 0.5) is 0 Å². The van der Waals surface area contributed by atoms with Crippen LogP contribution in [0, 0.1) is 5.92 Å². The highest BCUT2D eigenvalue weighted by molar-refractivity contribution is 5.25. The second-order valence-corrected chi connectivity index (χ2v) is 6.30. The molecule has 0 radical (unpaired) electrons. The lowest BCUT2D eigenvalue weighted by molar-refractivity contribution is 0.201. The van der Waals surface area contributed by atoms with Gasteiger partial charge in [-0.2, -0.15) is 0 Å². The molecule has 3 nitrogen and oxygen atoms in total. The van der Waals surface area contributed by atoms with Crippen LogP contribution in [0.15, 0.2) is 12.1 Å². The molecule has 21 heavy (non-hydrogen) atoms. The maximum absolute atomic E-state index is 5.97. The standard InChI is InChI=1S/C18H32N2O/c1-6-8-15(5)21-18-11-16(13-19-12-14(3)4)10-17(20-18)9-7-2/h10-11,14-15,19H,6-9,12-13H2,1-5H3. The molecule has 0 saturated heterocycles. The summed E-state index contributed by atoms with van der Waals surface area (Å²) in [4.78, 5) is 4.64. The van der Waals surface area contributed by atoms with E-state index in [2.05, 4.69) is 57.1 Å². The van der Waals surface area contributed by atoms with E-state index in [1.807, 2.05) is 0 Å². The Morgan fingerprint density at radius 3 is 2.52 bits per heavy atom. The van der Waals surface area contributed by atoms with Crippen LogP contribution in [-0.4, -0.2) is 17.6 Å². The fourth-order valence-corrected chi connectivity index (χ4v) is 2.34. The van der Waals surface area contributed by atoms with Gasteiger partial charge in [-0.1, -0.05) is 40.5 Å². The molecule has 1 unspecified atom stereocenters. The third-order valence-electron chi connectivity index (χ3n) is 3.32. The molecular formula is C18H32N2O. The van der Waals surface area contributed by atoms with Gasteiger partial charge in [0.2, 0.25) is 5.88 Å². The normalized spacial score (nSPS) is 12.7. The number of aromatic nitrogens is 1. The van der Waals surface area contributed by atoms with Crippen molar-refractivity contribution >= 4 is 0 Å². The van der Waals surface area contributed by atoms with E-state index in [9.17, 15) is 0 Å². The zero-order chi connectivity index (χ0) is 15.7. The molecule has 1 aromatic heterocycles. The van der Waals surface area contributed by atoms with Crippen molar-refractivity contribution in [3.63, 3.8) is 0 Å². The molecule has 0 spiro atoms. The minimum absolute atomic E-state index is 0.232. The van der Waals surface area contributed by atoms with Gasteiger partial charge in [0.15, 0.2) is 0 Å². The largest absolute Gasteiger partial charge is 0.475 e. The first-order valence-electron chi connectivity index (χ1n) is 8.42. The average molecular weight is 292 g/mol. The van der Waals surface area contributed by atoms with E-state index in [0.717, 1.165) is 50.3 Å². The van der Waals surface area contributed by atoms with Gasteiger partial charge < -0.3 is 10.1 Å². The first-order chi connectivity index (χ1) is 10.0. The van der Waals surface area contributed by atoms with Gasteiger partial charge in [0.1, 0.15) is 0 Å². The molecule has 0 saturated carbocycles. The highest BCUT2D eigenvalue weighted by Gasteiger charge is 2.08. The molecule has 0 aliphatic heterocycles. The zero-order valence-electron chi connectivity index (χ0n) is 14.4. The minimum atomic E-state index is 0.232. The highest BCUT2D eigenvalue weighted by atomic mass is 16.5. The number of hydrogen-bond acceptors (Lipinski definition) is 3. The Balaban J connectivity index is 2.74. The topological polar surface area (TPSA) is 34.1 Å². The van der Waals surface area contributed by atoms with Crippen LogP contribution in [0.2, 0.25) is 0 Å². The fraction of sp³-hybridized carbons (Fsp3) is 0.722. The van der Waals surface area contributed by atoms with E-state index in [-0.39, 0.29) is 6.10 Å². The minimum Gasteiger partial charge on any atom is -0.475 e. The van der Waals surface area contributed by atoms with Gasteiger partial charge in [-0.05, 0) is 43.9 Å². The summed E-state index contributed by atoms with van der Waals surface area (Å²) in [5, 5.41) is 3.49. The van der Waals surface area contributed by atoms with Crippen molar-refractivity contribution in [2.45, 2.75) is 73.0 Å². The molecule has 1 atom stereocenters. The Hall–Kier alpha value is -1.09. The number of nitrogens with zero attached hydrogens (tertiary/aromatic N) is 1. The maximum atomic E-state index is 5.97. The monoisotopic (exact) mass is 292 g/mol. The molecule has 1 heterocycles. The zero-order valence-corrected chi connectivity index (χ0v) is 14.4. The van der Waals surface area contributed by atoms with Gasteiger partial charge in [0, 0.05) is 18.3 Å². The van der Waals surface area contributed by atoms with Crippen LogP contribution in [0.1, 0.15) is 65.1 Å². The summed E-state index contributed by atoms with van der Waals surface area (Å²) >= 11 is 0. The van der Waals surface area contributed by atoms with Crippen molar-refractivity contribution in [3.05, 3.63) is 23.4 Å². The van der Waals surface area contributed by atoms with Gasteiger partial charge in [0.05, 0.1) is 6.10 Å². The second-order valence-electron chi connectivity index (χ2n) is 6.30. The lowest BCUT2D eigenvalue weighted by Crippen LogP contribution is -2.19. The number of nitrogens with one attached hydrogen (secondary N) is 1. The predicted octanol–water partition coefficient (Wildman–Crippen LogP) is 4.35. The third-order valence-corrected chi connectivity index (χ3v) is 3.32. The van der Waals surface area contributed by atoms with E-state index in [4.69, 9.17) is 4.74 Å². The van der Waals surface area contributed by atoms with Gasteiger partial charge in [-0.15, -0.1) is 0 Å². The number of pyridine rings is 1. The van der Waals surface area contributed by atoms with Crippen LogP contribution < -0.4 is 10.1 Å². The number of ether oxygens (including phenoxy) is 1. The van der Waals surface area contributed by atoms with E-state index >= 15 is 0 Å². The van der Waals surface area contributed by atoms with Gasteiger partial charge in [-0.3, -0.25) is 0 Å². The van der Waals surface area contributed by atoms with Crippen LogP contribution >= 0.6 is 0 Å². The molecule has 3 heteroatoms. The maximum Gasteiger partial charge on any atom is 0.214 e. The highest BCUT2D eigenvalue weighted by Crippen LogP contribution is 2.17. The summed E-state index contributed by atoms with van der Waals surface area (Å²) in [5.74, 6) is 1.45. The molecule has 1 aromatic rings. The number of rotatable bonds is 10. The SMILES string of the molecule is CCCc1cc(CNCC(C)C)cc(OC(C)CCC)n1. The predicted molar refractivity (Wildman–Crippen MR) is 89.8 cm³/mol. The molecule has 1 N–H and O–H groups in total. The Labute approximate surface area is 130 Å². The van der Waals surface area contributed by atoms with Crippen molar-refractivity contribution < 1.29 is 4.74 Å². The number of hydrogen-bond donors (Lipinski definition) is 1. The van der Waals surface area contributed by atoms with Crippen molar-refractivity contribution in [2.75, 3.05) is 6.54 Å². The Morgan fingerprint density at radius 1 is 1.14 bits per heavy atom. The first-order valence-corrected chi connectivity index (χ1v) is 8.42. The smallest absolute Gasteiger partial charge is 0.214 e. The van der Waals surface area contributed by atoms with Crippen LogP contribution in [0.25, 0.3) is 0 Å².